The molecule has 1 saturated heterocycles. The zero-order chi connectivity index (χ0) is 26.2. The summed E-state index contributed by atoms with van der Waals surface area (Å²) in [7, 11) is 0. The van der Waals surface area contributed by atoms with Gasteiger partial charge in [-0.3, -0.25) is 9.69 Å². The lowest BCUT2D eigenvalue weighted by Gasteiger charge is -2.41. The first-order chi connectivity index (χ1) is 17.3. The van der Waals surface area contributed by atoms with Crippen LogP contribution in [-0.2, 0) is 4.79 Å². The number of nitrogens with one attached hydrogen (secondary N) is 1. The molecule has 0 radical (unpaired) electrons. The normalized spacial score (nSPS) is 15.6. The molecule has 3 N–H and O–H groups in total. The minimum absolute atomic E-state index is 0.110. The number of carbonyl (C=O) groups excluding carboxylic acids is 1. The van der Waals surface area contributed by atoms with Crippen molar-refractivity contribution in [1.82, 2.24) is 15.2 Å². The molecule has 1 aliphatic heterocycles. The molecule has 2 aromatic rings. The van der Waals surface area contributed by atoms with Crippen LogP contribution in [0.15, 0.2) is 65.8 Å². The predicted octanol–water partition coefficient (Wildman–Crippen LogP) is 3.94. The standard InChI is InChI=1S/C28H39FN6O/c1-6-33(7-2)28(36)26(22-11-9-8-10-12-22)35-17-15-34(16-18-35)25-14-13-23(19-24(25)29)27(32-30)31-21(5)20(3)4/h8-14,19-20,26H,5-7,15-18,30H2,1-4H3,(H,31,32). The maximum atomic E-state index is 15.2. The smallest absolute Gasteiger partial charge is 0.244 e. The lowest BCUT2D eigenvalue weighted by Crippen LogP contribution is -2.52. The summed E-state index contributed by atoms with van der Waals surface area (Å²) in [6.07, 6.45) is 0. The number of piperazine rings is 1. The van der Waals surface area contributed by atoms with Gasteiger partial charge in [0.2, 0.25) is 5.91 Å². The molecule has 194 valence electrons. The lowest BCUT2D eigenvalue weighted by molar-refractivity contribution is -0.137. The van der Waals surface area contributed by atoms with Gasteiger partial charge in [-0.1, -0.05) is 50.8 Å². The van der Waals surface area contributed by atoms with Gasteiger partial charge in [0.1, 0.15) is 17.7 Å². The first-order valence-electron chi connectivity index (χ1n) is 12.7. The third-order valence-electron chi connectivity index (χ3n) is 6.72. The Morgan fingerprint density at radius 2 is 1.75 bits per heavy atom. The highest BCUT2D eigenvalue weighted by Gasteiger charge is 2.33. The first kappa shape index (κ1) is 27.4. The maximum absolute atomic E-state index is 15.2. The van der Waals surface area contributed by atoms with E-state index in [1.165, 1.54) is 6.07 Å². The van der Waals surface area contributed by atoms with Gasteiger partial charge in [0.05, 0.1) is 5.69 Å². The van der Waals surface area contributed by atoms with Crippen molar-refractivity contribution >= 4 is 17.4 Å². The third kappa shape index (κ3) is 6.30. The zero-order valence-electron chi connectivity index (χ0n) is 21.9. The quantitative estimate of drug-likeness (QED) is 0.239. The lowest BCUT2D eigenvalue weighted by atomic mass is 10.0. The summed E-state index contributed by atoms with van der Waals surface area (Å²) in [4.78, 5) is 24.0. The van der Waals surface area contributed by atoms with Gasteiger partial charge >= 0.3 is 0 Å². The number of anilines is 1. The molecular weight excluding hydrogens is 455 g/mol. The second-order valence-electron chi connectivity index (χ2n) is 9.26. The number of amides is 1. The van der Waals surface area contributed by atoms with Gasteiger partial charge in [-0.05, 0) is 43.5 Å². The van der Waals surface area contributed by atoms with Crippen LogP contribution in [0.1, 0.15) is 44.9 Å². The van der Waals surface area contributed by atoms with E-state index in [0.717, 1.165) is 5.56 Å². The Labute approximate surface area is 214 Å². The van der Waals surface area contributed by atoms with E-state index in [1.54, 1.807) is 6.07 Å². The molecule has 0 aromatic heterocycles. The minimum Gasteiger partial charge on any atom is -0.367 e. The Kier molecular flexibility index (Phi) is 9.61. The molecule has 1 unspecified atom stereocenters. The molecule has 0 spiro atoms. The van der Waals surface area contributed by atoms with E-state index in [0.29, 0.717) is 62.1 Å². The van der Waals surface area contributed by atoms with E-state index in [-0.39, 0.29) is 23.7 Å². The number of nitrogens with zero attached hydrogens (tertiary/aromatic N) is 4. The highest BCUT2D eigenvalue weighted by atomic mass is 19.1. The average Bonchev–Trinajstić information content (AvgIpc) is 2.89. The van der Waals surface area contributed by atoms with Crippen LogP contribution in [0.25, 0.3) is 0 Å². The number of hydrogen-bond acceptors (Lipinski definition) is 5. The maximum Gasteiger partial charge on any atom is 0.244 e. The molecule has 3 rings (SSSR count). The van der Waals surface area contributed by atoms with Crippen LogP contribution in [0, 0.1) is 11.7 Å². The molecule has 1 heterocycles. The molecule has 1 fully saturated rings. The highest BCUT2D eigenvalue weighted by molar-refractivity contribution is 5.99. The summed E-state index contributed by atoms with van der Waals surface area (Å²) in [6.45, 7) is 15.8. The zero-order valence-corrected chi connectivity index (χ0v) is 21.9. The summed E-state index contributed by atoms with van der Waals surface area (Å²) in [6, 6.07) is 14.6. The molecular formula is C28H39FN6O. The van der Waals surface area contributed by atoms with E-state index >= 15 is 4.39 Å². The van der Waals surface area contributed by atoms with Gasteiger partial charge in [-0.25, -0.2) is 15.2 Å². The van der Waals surface area contributed by atoms with Gasteiger partial charge < -0.3 is 15.2 Å². The monoisotopic (exact) mass is 494 g/mol. The van der Waals surface area contributed by atoms with Crippen LogP contribution in [0.4, 0.5) is 10.1 Å². The summed E-state index contributed by atoms with van der Waals surface area (Å²) >= 11 is 0. The number of benzene rings is 2. The Morgan fingerprint density at radius 1 is 1.11 bits per heavy atom. The SMILES string of the molecule is C=C(N=C(NN)c1ccc(N2CCN(C(C(=O)N(CC)CC)c3ccccc3)CC2)c(F)c1)C(C)C. The number of hydrazine groups is 1. The largest absolute Gasteiger partial charge is 0.367 e. The first-order valence-corrected chi connectivity index (χ1v) is 12.7. The predicted molar refractivity (Wildman–Crippen MR) is 145 cm³/mol. The van der Waals surface area contributed by atoms with Crippen molar-refractivity contribution in [2.24, 2.45) is 16.8 Å². The molecule has 8 heteroatoms. The number of likely N-dealkylation sites (N-methyl/N-ethyl adjacent to an activating group) is 1. The Hall–Kier alpha value is -3.23. The molecule has 1 atom stereocenters. The molecule has 1 aliphatic rings. The summed E-state index contributed by atoms with van der Waals surface area (Å²) in [5.74, 6) is 5.96. The van der Waals surface area contributed by atoms with Crippen molar-refractivity contribution in [1.29, 1.82) is 0 Å². The van der Waals surface area contributed by atoms with Gasteiger partial charge in [-0.15, -0.1) is 0 Å². The molecule has 1 amide bonds. The molecule has 0 bridgehead atoms. The van der Waals surface area contributed by atoms with Crippen molar-refractivity contribution in [2.45, 2.75) is 33.7 Å². The summed E-state index contributed by atoms with van der Waals surface area (Å²) in [5, 5.41) is 0. The van der Waals surface area contributed by atoms with Crippen LogP contribution in [0.2, 0.25) is 0 Å². The van der Waals surface area contributed by atoms with Crippen molar-refractivity contribution in [2.75, 3.05) is 44.2 Å². The fraction of sp³-hybridized carbons (Fsp3) is 0.429. The third-order valence-corrected chi connectivity index (χ3v) is 6.72. The Morgan fingerprint density at radius 3 is 2.28 bits per heavy atom. The summed E-state index contributed by atoms with van der Waals surface area (Å²) in [5.41, 5.74) is 5.31. The fourth-order valence-corrected chi connectivity index (χ4v) is 4.44. The van der Waals surface area contributed by atoms with Crippen LogP contribution >= 0.6 is 0 Å². The number of aliphatic imine (C=N–C) groups is 1. The van der Waals surface area contributed by atoms with Gasteiger partial charge in [-0.2, -0.15) is 0 Å². The van der Waals surface area contributed by atoms with Crippen molar-refractivity contribution in [3.63, 3.8) is 0 Å². The van der Waals surface area contributed by atoms with Crippen molar-refractivity contribution in [3.05, 3.63) is 77.8 Å². The van der Waals surface area contributed by atoms with E-state index in [9.17, 15) is 4.79 Å². The number of nitrogens with two attached hydrogens (primary N) is 1. The second-order valence-corrected chi connectivity index (χ2v) is 9.26. The molecule has 0 aliphatic carbocycles. The average molecular weight is 495 g/mol. The number of allylic oxidation sites excluding steroid dienone is 1. The fourth-order valence-electron chi connectivity index (χ4n) is 4.44. The minimum atomic E-state index is -0.344. The molecule has 2 aromatic carbocycles. The number of amidine groups is 1. The van der Waals surface area contributed by atoms with E-state index in [2.05, 4.69) is 21.9 Å². The number of rotatable bonds is 9. The van der Waals surface area contributed by atoms with Crippen molar-refractivity contribution < 1.29 is 9.18 Å². The van der Waals surface area contributed by atoms with Gasteiger partial charge in [0.25, 0.3) is 0 Å². The van der Waals surface area contributed by atoms with E-state index in [4.69, 9.17) is 5.84 Å². The molecule has 7 nitrogen and oxygen atoms in total. The van der Waals surface area contributed by atoms with Crippen LogP contribution in [0.3, 0.4) is 0 Å². The summed E-state index contributed by atoms with van der Waals surface area (Å²) < 4.78 is 15.2. The molecule has 36 heavy (non-hydrogen) atoms. The highest BCUT2D eigenvalue weighted by Crippen LogP contribution is 2.28. The van der Waals surface area contributed by atoms with Gasteiger partial charge in [0, 0.05) is 50.5 Å². The number of hydrogen-bond donors (Lipinski definition) is 2. The van der Waals surface area contributed by atoms with Crippen LogP contribution in [-0.4, -0.2) is 60.8 Å². The second kappa shape index (κ2) is 12.6. The van der Waals surface area contributed by atoms with E-state index < -0.39 is 0 Å². The Balaban J connectivity index is 1.77. The topological polar surface area (TPSA) is 77.2 Å². The van der Waals surface area contributed by atoms with Gasteiger partial charge in [0.15, 0.2) is 0 Å². The van der Waals surface area contributed by atoms with Crippen molar-refractivity contribution in [3.8, 4) is 0 Å². The Bertz CT molecular complexity index is 1060. The van der Waals surface area contributed by atoms with E-state index in [1.807, 2.05) is 73.9 Å². The number of carbonyl (C=O) groups is 1. The van der Waals surface area contributed by atoms with Crippen LogP contribution < -0.4 is 16.2 Å². The van der Waals surface area contributed by atoms with Crippen LogP contribution in [0.5, 0.6) is 0 Å². The molecule has 0 saturated carbocycles. The number of halogens is 1.